The molecule has 0 bridgehead atoms. The Balaban J connectivity index is 2.02. The van der Waals surface area contributed by atoms with Gasteiger partial charge in [-0.05, 0) is 25.7 Å². The van der Waals surface area contributed by atoms with Crippen molar-refractivity contribution < 1.29 is 4.74 Å². The van der Waals surface area contributed by atoms with Gasteiger partial charge in [0.15, 0.2) is 0 Å². The lowest BCUT2D eigenvalue weighted by atomic mass is 9.93. The zero-order valence-corrected chi connectivity index (χ0v) is 9.44. The number of rotatable bonds is 5. The molecule has 6 heteroatoms. The van der Waals surface area contributed by atoms with E-state index in [0.29, 0.717) is 24.6 Å². The van der Waals surface area contributed by atoms with Crippen LogP contribution in [0.15, 0.2) is 0 Å². The molecular weight excluding hydrogens is 206 g/mol. The minimum Gasteiger partial charge on any atom is -0.463 e. The number of anilines is 2. The molecule has 1 aliphatic rings. The van der Waals surface area contributed by atoms with E-state index in [4.69, 9.17) is 10.5 Å². The van der Waals surface area contributed by atoms with Crippen LogP contribution in [-0.2, 0) is 0 Å². The molecule has 2 rings (SSSR count). The van der Waals surface area contributed by atoms with Crippen LogP contribution in [0.2, 0.25) is 0 Å². The Hall–Kier alpha value is -1.59. The quantitative estimate of drug-likeness (QED) is 0.780. The maximum atomic E-state index is 5.58. The van der Waals surface area contributed by atoms with Crippen molar-refractivity contribution >= 4 is 11.9 Å². The molecule has 0 atom stereocenters. The average molecular weight is 223 g/mol. The Kier molecular flexibility index (Phi) is 3.38. The van der Waals surface area contributed by atoms with E-state index in [2.05, 4.69) is 20.3 Å². The molecule has 88 valence electrons. The fraction of sp³-hybridized carbons (Fsp3) is 0.700. The van der Waals surface area contributed by atoms with Gasteiger partial charge in [0, 0.05) is 6.04 Å². The third-order valence-corrected chi connectivity index (χ3v) is 2.51. The molecule has 0 amide bonds. The van der Waals surface area contributed by atoms with Crippen molar-refractivity contribution in [2.75, 3.05) is 17.7 Å². The monoisotopic (exact) mass is 223 g/mol. The molecule has 0 aliphatic heterocycles. The lowest BCUT2D eigenvalue weighted by Crippen LogP contribution is -2.28. The van der Waals surface area contributed by atoms with Crippen LogP contribution in [0.25, 0.3) is 0 Å². The van der Waals surface area contributed by atoms with Crippen LogP contribution in [0.1, 0.15) is 32.6 Å². The summed E-state index contributed by atoms with van der Waals surface area (Å²) in [5, 5.41) is 3.21. The van der Waals surface area contributed by atoms with Gasteiger partial charge in [-0.3, -0.25) is 0 Å². The van der Waals surface area contributed by atoms with Crippen LogP contribution in [0, 0.1) is 0 Å². The number of aromatic nitrogens is 3. The summed E-state index contributed by atoms with van der Waals surface area (Å²) in [5.41, 5.74) is 5.58. The van der Waals surface area contributed by atoms with Gasteiger partial charge in [-0.2, -0.15) is 15.0 Å². The van der Waals surface area contributed by atoms with Crippen molar-refractivity contribution in [2.45, 2.75) is 38.6 Å². The highest BCUT2D eigenvalue weighted by atomic mass is 16.5. The summed E-state index contributed by atoms with van der Waals surface area (Å²) in [7, 11) is 0. The molecule has 1 aromatic rings. The fourth-order valence-electron chi connectivity index (χ4n) is 1.43. The molecule has 1 saturated carbocycles. The van der Waals surface area contributed by atoms with Gasteiger partial charge in [0.1, 0.15) is 0 Å². The molecule has 0 unspecified atom stereocenters. The van der Waals surface area contributed by atoms with Gasteiger partial charge >= 0.3 is 6.01 Å². The Bertz CT molecular complexity index is 353. The third-order valence-electron chi connectivity index (χ3n) is 2.51. The SMILES string of the molecule is CCCOc1nc(N)nc(NC2CCC2)n1. The van der Waals surface area contributed by atoms with E-state index in [1.165, 1.54) is 6.42 Å². The Morgan fingerprint density at radius 1 is 1.38 bits per heavy atom. The molecule has 0 aromatic carbocycles. The number of nitrogens with zero attached hydrogens (tertiary/aromatic N) is 3. The highest BCUT2D eigenvalue weighted by Gasteiger charge is 2.18. The molecule has 3 N–H and O–H groups in total. The second-order valence-corrected chi connectivity index (χ2v) is 3.92. The van der Waals surface area contributed by atoms with E-state index < -0.39 is 0 Å². The number of nitrogen functional groups attached to an aromatic ring is 1. The first-order valence-electron chi connectivity index (χ1n) is 5.69. The molecule has 0 radical (unpaired) electrons. The Labute approximate surface area is 94.6 Å². The summed E-state index contributed by atoms with van der Waals surface area (Å²) in [5.74, 6) is 0.714. The zero-order valence-electron chi connectivity index (χ0n) is 9.44. The first-order chi connectivity index (χ1) is 7.78. The smallest absolute Gasteiger partial charge is 0.323 e. The maximum Gasteiger partial charge on any atom is 0.323 e. The van der Waals surface area contributed by atoms with E-state index in [-0.39, 0.29) is 5.95 Å². The first-order valence-corrected chi connectivity index (χ1v) is 5.69. The predicted octanol–water partition coefficient (Wildman–Crippen LogP) is 1.21. The minimum atomic E-state index is 0.197. The van der Waals surface area contributed by atoms with E-state index in [1.807, 2.05) is 6.92 Å². The molecule has 1 aliphatic carbocycles. The molecule has 1 aromatic heterocycles. The predicted molar refractivity (Wildman–Crippen MR) is 61.3 cm³/mol. The summed E-state index contributed by atoms with van der Waals surface area (Å²) < 4.78 is 5.33. The summed E-state index contributed by atoms with van der Waals surface area (Å²) in [6.07, 6.45) is 4.50. The molecular formula is C10H17N5O. The van der Waals surface area contributed by atoms with Gasteiger partial charge in [-0.25, -0.2) is 0 Å². The standard InChI is InChI=1S/C10H17N5O/c1-2-6-16-10-14-8(11)13-9(15-10)12-7-4-3-5-7/h7H,2-6H2,1H3,(H3,11,12,13,14,15). The highest BCUT2D eigenvalue weighted by Crippen LogP contribution is 2.22. The number of nitrogens with one attached hydrogen (secondary N) is 1. The van der Waals surface area contributed by atoms with Crippen molar-refractivity contribution in [3.8, 4) is 6.01 Å². The van der Waals surface area contributed by atoms with E-state index >= 15 is 0 Å². The molecule has 6 nitrogen and oxygen atoms in total. The van der Waals surface area contributed by atoms with Crippen LogP contribution in [-0.4, -0.2) is 27.6 Å². The van der Waals surface area contributed by atoms with Crippen molar-refractivity contribution in [1.82, 2.24) is 15.0 Å². The number of ether oxygens (including phenoxy) is 1. The van der Waals surface area contributed by atoms with Gasteiger partial charge in [-0.1, -0.05) is 6.92 Å². The van der Waals surface area contributed by atoms with Gasteiger partial charge in [0.2, 0.25) is 11.9 Å². The molecule has 0 spiro atoms. The van der Waals surface area contributed by atoms with E-state index in [9.17, 15) is 0 Å². The van der Waals surface area contributed by atoms with E-state index in [0.717, 1.165) is 19.3 Å². The summed E-state index contributed by atoms with van der Waals surface area (Å²) >= 11 is 0. The lowest BCUT2D eigenvalue weighted by molar-refractivity contribution is 0.292. The second kappa shape index (κ2) is 4.96. The normalized spacial score (nSPS) is 15.6. The van der Waals surface area contributed by atoms with Gasteiger partial charge < -0.3 is 15.8 Å². The fourth-order valence-corrected chi connectivity index (χ4v) is 1.43. The lowest BCUT2D eigenvalue weighted by Gasteiger charge is -2.26. The van der Waals surface area contributed by atoms with Crippen LogP contribution in [0.3, 0.4) is 0 Å². The highest BCUT2D eigenvalue weighted by molar-refractivity contribution is 5.33. The van der Waals surface area contributed by atoms with Crippen molar-refractivity contribution in [3.05, 3.63) is 0 Å². The van der Waals surface area contributed by atoms with Gasteiger partial charge in [0.05, 0.1) is 6.61 Å². The van der Waals surface area contributed by atoms with Crippen molar-refractivity contribution in [3.63, 3.8) is 0 Å². The van der Waals surface area contributed by atoms with Gasteiger partial charge in [-0.15, -0.1) is 0 Å². The van der Waals surface area contributed by atoms with Crippen molar-refractivity contribution in [1.29, 1.82) is 0 Å². The Morgan fingerprint density at radius 3 is 2.81 bits per heavy atom. The average Bonchev–Trinajstić information content (AvgIpc) is 2.20. The van der Waals surface area contributed by atoms with Crippen LogP contribution in [0.5, 0.6) is 6.01 Å². The van der Waals surface area contributed by atoms with E-state index in [1.54, 1.807) is 0 Å². The number of hydrogen-bond acceptors (Lipinski definition) is 6. The third kappa shape index (κ3) is 2.71. The zero-order chi connectivity index (χ0) is 11.4. The first kappa shape index (κ1) is 10.9. The maximum absolute atomic E-state index is 5.58. The summed E-state index contributed by atoms with van der Waals surface area (Å²) in [6.45, 7) is 2.62. The largest absolute Gasteiger partial charge is 0.463 e. The molecule has 1 heterocycles. The summed E-state index contributed by atoms with van der Waals surface area (Å²) in [4.78, 5) is 12.1. The number of hydrogen-bond donors (Lipinski definition) is 2. The topological polar surface area (TPSA) is 86.0 Å². The Morgan fingerprint density at radius 2 is 2.19 bits per heavy atom. The van der Waals surface area contributed by atoms with Gasteiger partial charge in [0.25, 0.3) is 0 Å². The molecule has 1 fully saturated rings. The molecule has 0 saturated heterocycles. The second-order valence-electron chi connectivity index (χ2n) is 3.92. The number of nitrogens with two attached hydrogens (primary N) is 1. The minimum absolute atomic E-state index is 0.197. The summed E-state index contributed by atoms with van der Waals surface area (Å²) in [6, 6.07) is 0.775. The van der Waals surface area contributed by atoms with Crippen LogP contribution >= 0.6 is 0 Å². The molecule has 16 heavy (non-hydrogen) atoms. The van der Waals surface area contributed by atoms with Crippen LogP contribution in [0.4, 0.5) is 11.9 Å². The van der Waals surface area contributed by atoms with Crippen molar-refractivity contribution in [2.24, 2.45) is 0 Å². The van der Waals surface area contributed by atoms with Crippen LogP contribution < -0.4 is 15.8 Å².